The quantitative estimate of drug-likeness (QED) is 0.342. The monoisotopic (exact) mass is 394 g/mol. The molecule has 0 aromatic heterocycles. The molecule has 0 fully saturated rings. The predicted octanol–water partition coefficient (Wildman–Crippen LogP) is -1.59. The van der Waals surface area contributed by atoms with Crippen molar-refractivity contribution in [1.82, 2.24) is 0 Å². The van der Waals surface area contributed by atoms with Gasteiger partial charge in [0, 0.05) is 5.41 Å². The van der Waals surface area contributed by atoms with Crippen molar-refractivity contribution in [2.75, 3.05) is 0 Å². The molecular weight excluding hydrogens is 366 g/mol. The van der Waals surface area contributed by atoms with Gasteiger partial charge < -0.3 is 0 Å². The second kappa shape index (κ2) is 6.73. The van der Waals surface area contributed by atoms with Crippen LogP contribution in [0.2, 0.25) is 0 Å². The lowest BCUT2D eigenvalue weighted by Crippen LogP contribution is -2.55. The average Bonchev–Trinajstić information content (AvgIpc) is 2.97. The van der Waals surface area contributed by atoms with Crippen molar-refractivity contribution in [3.8, 4) is 22.3 Å². The first-order chi connectivity index (χ1) is 14.6. The van der Waals surface area contributed by atoms with Crippen LogP contribution in [0.25, 0.3) is 33.0 Å². The molecule has 0 nitrogen and oxygen atoms in total. The summed E-state index contributed by atoms with van der Waals surface area (Å²) in [4.78, 5) is 0. The summed E-state index contributed by atoms with van der Waals surface area (Å²) >= 11 is 0. The Bertz CT molecular complexity index is 1390. The van der Waals surface area contributed by atoms with Crippen LogP contribution in [0.1, 0.15) is 30.5 Å². The fraction of sp³-hybridized carbons (Fsp3) is 0.154. The fourth-order valence-electron chi connectivity index (χ4n) is 5.83. The van der Waals surface area contributed by atoms with E-state index in [2.05, 4.69) is 109 Å². The average molecular weight is 394 g/mol. The molecule has 4 aromatic carbocycles. The van der Waals surface area contributed by atoms with Crippen LogP contribution < -0.4 is 27.3 Å². The minimum absolute atomic E-state index is 0.00621. The fourth-order valence-corrected chi connectivity index (χ4v) is 5.83. The Hall–Kier alpha value is -2.54. The van der Waals surface area contributed by atoms with Crippen molar-refractivity contribution >= 4 is 77.3 Å². The van der Waals surface area contributed by atoms with Crippen molar-refractivity contribution in [1.29, 1.82) is 0 Å². The largest absolute Gasteiger partial charge is 0.139 e. The maximum atomic E-state index is 2.50. The Morgan fingerprint density at radius 1 is 0.613 bits per heavy atom. The van der Waals surface area contributed by atoms with Crippen LogP contribution in [0, 0.1) is 6.92 Å². The maximum absolute atomic E-state index is 2.50. The lowest BCUT2D eigenvalue weighted by atomic mass is 9.59. The Balaban J connectivity index is 1.85. The minimum Gasteiger partial charge on any atom is -0.102 e. The first-order valence-corrected chi connectivity index (χ1v) is 11.4. The zero-order valence-corrected chi connectivity index (χ0v) is 20.1. The van der Waals surface area contributed by atoms with Gasteiger partial charge in [-0.25, -0.2) is 0 Å². The molecule has 0 spiro atoms. The zero-order chi connectivity index (χ0) is 22.2. The summed E-state index contributed by atoms with van der Waals surface area (Å²) in [6, 6.07) is 18.4. The van der Waals surface area contributed by atoms with E-state index in [1.165, 1.54) is 77.0 Å². The molecule has 0 saturated carbocycles. The van der Waals surface area contributed by atoms with Gasteiger partial charge in [-0.2, -0.15) is 0 Å². The topological polar surface area (TPSA) is 0 Å². The lowest BCUT2D eigenvalue weighted by Gasteiger charge is -2.25. The van der Waals surface area contributed by atoms with Crippen LogP contribution in [0.5, 0.6) is 0 Å². The highest BCUT2D eigenvalue weighted by Gasteiger charge is 2.37. The summed E-state index contributed by atoms with van der Waals surface area (Å²) in [5.41, 5.74) is 17.0. The molecule has 0 unspecified atom stereocenters. The van der Waals surface area contributed by atoms with E-state index >= 15 is 0 Å². The molecule has 146 valence electrons. The second-order valence-corrected chi connectivity index (χ2v) is 10.0. The smallest absolute Gasteiger partial charge is 0.102 e. The van der Waals surface area contributed by atoms with Gasteiger partial charge in [0.15, 0.2) is 0 Å². The van der Waals surface area contributed by atoms with Gasteiger partial charge in [-0.3, -0.25) is 0 Å². The molecule has 0 radical (unpaired) electrons. The molecule has 0 bridgehead atoms. The van der Waals surface area contributed by atoms with E-state index < -0.39 is 0 Å². The van der Waals surface area contributed by atoms with Crippen molar-refractivity contribution in [3.05, 3.63) is 65.2 Å². The molecule has 1 aliphatic rings. The second-order valence-electron chi connectivity index (χ2n) is 10.0. The normalized spacial score (nSPS) is 13.9. The van der Waals surface area contributed by atoms with Gasteiger partial charge in [0.05, 0.1) is 0 Å². The summed E-state index contributed by atoms with van der Waals surface area (Å²) in [5.74, 6) is 0. The first kappa shape index (κ1) is 20.4. The van der Waals surface area contributed by atoms with Gasteiger partial charge in [0.25, 0.3) is 0 Å². The number of hydrogen-bond donors (Lipinski definition) is 0. The van der Waals surface area contributed by atoms with E-state index in [9.17, 15) is 0 Å². The Labute approximate surface area is 190 Å². The molecule has 31 heavy (non-hydrogen) atoms. The van der Waals surface area contributed by atoms with E-state index in [1.54, 1.807) is 0 Å². The van der Waals surface area contributed by atoms with Crippen LogP contribution in [-0.2, 0) is 5.41 Å². The van der Waals surface area contributed by atoms with E-state index in [1.807, 2.05) is 0 Å². The minimum atomic E-state index is -0.00621. The van der Waals surface area contributed by atoms with E-state index in [-0.39, 0.29) is 5.41 Å². The summed E-state index contributed by atoms with van der Waals surface area (Å²) in [5, 5.41) is 2.69. The highest BCUT2D eigenvalue weighted by Crippen LogP contribution is 2.52. The summed E-state index contributed by atoms with van der Waals surface area (Å²) in [6.45, 7) is 7.06. The van der Waals surface area contributed by atoms with Crippen LogP contribution in [0.3, 0.4) is 0 Å². The van der Waals surface area contributed by atoms with Crippen LogP contribution in [0.4, 0.5) is 0 Å². The highest BCUT2D eigenvalue weighted by atomic mass is 14.4. The predicted molar refractivity (Wildman–Crippen MR) is 153 cm³/mol. The molecule has 5 rings (SSSR count). The lowest BCUT2D eigenvalue weighted by molar-refractivity contribution is 0.661. The molecule has 0 heterocycles. The zero-order valence-electron chi connectivity index (χ0n) is 20.1. The Kier molecular flexibility index (Phi) is 4.42. The highest BCUT2D eigenvalue weighted by molar-refractivity contribution is 6.68. The molecule has 0 saturated heterocycles. The van der Waals surface area contributed by atoms with Crippen LogP contribution in [0.15, 0.2) is 48.5 Å². The van der Waals surface area contributed by atoms with Crippen molar-refractivity contribution in [3.63, 3.8) is 0 Å². The van der Waals surface area contributed by atoms with Gasteiger partial charge in [-0.1, -0.05) is 67.2 Å². The van der Waals surface area contributed by atoms with Crippen LogP contribution >= 0.6 is 0 Å². The maximum Gasteiger partial charge on any atom is 0.139 e. The molecule has 0 N–H and O–H groups in total. The van der Waals surface area contributed by atoms with Gasteiger partial charge in [0.1, 0.15) is 39.2 Å². The third-order valence-electron chi connectivity index (χ3n) is 8.18. The SMILES string of the molecule is Bc1c(B)c(B)c(-c2cc3c(cc2C)-c2c(ccc4ccccc24)C3(C)C)c(B)c1B. The number of benzene rings is 4. The molecular formula is C26H27B5. The molecule has 0 amide bonds. The van der Waals surface area contributed by atoms with E-state index in [0.29, 0.717) is 0 Å². The molecule has 5 heteroatoms. The number of hydrogen-bond acceptors (Lipinski definition) is 0. The van der Waals surface area contributed by atoms with Crippen LogP contribution in [-0.4, -0.2) is 39.2 Å². The van der Waals surface area contributed by atoms with Crippen molar-refractivity contribution < 1.29 is 0 Å². The van der Waals surface area contributed by atoms with Gasteiger partial charge in [-0.05, 0) is 62.7 Å². The molecule has 1 aliphatic carbocycles. The molecule has 4 aromatic rings. The number of fused-ring (bicyclic) bond motifs is 5. The van der Waals surface area contributed by atoms with Gasteiger partial charge in [0.2, 0.25) is 0 Å². The van der Waals surface area contributed by atoms with E-state index in [4.69, 9.17) is 0 Å². The Morgan fingerprint density at radius 2 is 1.23 bits per heavy atom. The van der Waals surface area contributed by atoms with Crippen molar-refractivity contribution in [2.24, 2.45) is 0 Å². The van der Waals surface area contributed by atoms with Gasteiger partial charge in [-0.15, -0.1) is 16.4 Å². The van der Waals surface area contributed by atoms with E-state index in [0.717, 1.165) is 0 Å². The summed E-state index contributed by atoms with van der Waals surface area (Å²) in [7, 11) is 11.4. The number of rotatable bonds is 1. The number of aryl methyl sites for hydroxylation is 1. The standard InChI is InChI=1S/C26H27B5/c1-12-10-16-18(11-15(12)20-21(27)23(29)25(31)24(30)22(20)28)26(2,3)17-9-8-13-6-4-5-7-14(13)19(16)17/h4-11H,27-31H2,1-3H3. The summed E-state index contributed by atoms with van der Waals surface area (Å²) in [6.07, 6.45) is 0. The van der Waals surface area contributed by atoms with Crippen molar-refractivity contribution in [2.45, 2.75) is 26.2 Å². The third-order valence-corrected chi connectivity index (χ3v) is 8.18. The third kappa shape index (κ3) is 2.68. The summed E-state index contributed by atoms with van der Waals surface area (Å²) < 4.78 is 0. The first-order valence-electron chi connectivity index (χ1n) is 11.4. The molecule has 0 atom stereocenters. The molecule has 0 aliphatic heterocycles. The Morgan fingerprint density at radius 3 is 1.90 bits per heavy atom. The van der Waals surface area contributed by atoms with Gasteiger partial charge >= 0.3 is 0 Å².